The third-order valence-electron chi connectivity index (χ3n) is 3.03. The van der Waals surface area contributed by atoms with Crippen molar-refractivity contribution < 1.29 is 0 Å². The minimum Gasteiger partial charge on any atom is -0.314 e. The Hall–Kier alpha value is -1.67. The Morgan fingerprint density at radius 1 is 1.21 bits per heavy atom. The molecule has 0 saturated carbocycles. The van der Waals surface area contributed by atoms with Crippen LogP contribution in [0.15, 0.2) is 36.4 Å². The zero-order chi connectivity index (χ0) is 13.7. The van der Waals surface area contributed by atoms with Crippen LogP contribution in [-0.4, -0.2) is 17.6 Å². The van der Waals surface area contributed by atoms with Gasteiger partial charge in [0.05, 0.1) is 5.52 Å². The molecule has 0 aliphatic rings. The van der Waals surface area contributed by atoms with Gasteiger partial charge in [0.1, 0.15) is 0 Å². The highest BCUT2D eigenvalue weighted by Crippen LogP contribution is 2.15. The van der Waals surface area contributed by atoms with Gasteiger partial charge in [-0.25, -0.2) is 0 Å². The Bertz CT molecular complexity index is 570. The van der Waals surface area contributed by atoms with Crippen molar-refractivity contribution in [2.75, 3.05) is 6.54 Å². The predicted octanol–water partition coefficient (Wildman–Crippen LogP) is 3.94. The predicted molar refractivity (Wildman–Crippen MR) is 83.3 cm³/mol. The summed E-state index contributed by atoms with van der Waals surface area (Å²) in [5.41, 5.74) is 3.37. The number of nitrogens with one attached hydrogen (secondary N) is 1. The third kappa shape index (κ3) is 4.18. The van der Waals surface area contributed by atoms with Crippen LogP contribution in [0.2, 0.25) is 0 Å². The number of aryl methyl sites for hydroxylation is 1. The third-order valence-corrected chi connectivity index (χ3v) is 3.03. The van der Waals surface area contributed by atoms with E-state index in [4.69, 9.17) is 0 Å². The summed E-state index contributed by atoms with van der Waals surface area (Å²) in [4.78, 5) is 4.51. The molecule has 0 atom stereocenters. The molecule has 0 bridgehead atoms. The van der Waals surface area contributed by atoms with E-state index in [-0.39, 0.29) is 0 Å². The van der Waals surface area contributed by atoms with Crippen LogP contribution in [0, 0.1) is 6.92 Å². The largest absolute Gasteiger partial charge is 0.314 e. The van der Waals surface area contributed by atoms with Crippen LogP contribution in [-0.2, 0) is 0 Å². The number of benzene rings is 1. The smallest absolute Gasteiger partial charge is 0.0705 e. The molecule has 0 unspecified atom stereocenters. The molecule has 0 fully saturated rings. The first-order valence-electron chi connectivity index (χ1n) is 6.92. The Balaban J connectivity index is 2.01. The summed E-state index contributed by atoms with van der Waals surface area (Å²) in [5.74, 6) is 0. The number of nitrogens with zero attached hydrogens (tertiary/aromatic N) is 1. The van der Waals surface area contributed by atoms with E-state index < -0.39 is 0 Å². The first-order chi connectivity index (χ1) is 9.15. The Kier molecular flexibility index (Phi) is 4.69. The standard InChI is InChI=1S/C17H22N2/c1-13(2)18-11-5-4-6-15-8-10-17-16(12-15)9-7-14(3)19-17/h4,6-10,12-13,18H,5,11H2,1-3H3/b6-4+. The lowest BCUT2D eigenvalue weighted by atomic mass is 10.1. The lowest BCUT2D eigenvalue weighted by molar-refractivity contribution is 0.595. The van der Waals surface area contributed by atoms with Crippen LogP contribution in [0.4, 0.5) is 0 Å². The normalized spacial score (nSPS) is 11.8. The van der Waals surface area contributed by atoms with Gasteiger partial charge in [0.15, 0.2) is 0 Å². The monoisotopic (exact) mass is 254 g/mol. The van der Waals surface area contributed by atoms with Crippen molar-refractivity contribution in [3.8, 4) is 0 Å². The molecule has 100 valence electrons. The van der Waals surface area contributed by atoms with Gasteiger partial charge in [0.25, 0.3) is 0 Å². The van der Waals surface area contributed by atoms with Crippen LogP contribution in [0.1, 0.15) is 31.5 Å². The van der Waals surface area contributed by atoms with Gasteiger partial charge in [-0.2, -0.15) is 0 Å². The fraction of sp³-hybridized carbons (Fsp3) is 0.353. The maximum Gasteiger partial charge on any atom is 0.0705 e. The number of aromatic nitrogens is 1. The molecule has 0 aliphatic heterocycles. The molecule has 2 nitrogen and oxygen atoms in total. The van der Waals surface area contributed by atoms with Crippen molar-refractivity contribution in [1.82, 2.24) is 10.3 Å². The quantitative estimate of drug-likeness (QED) is 0.817. The molecule has 2 heteroatoms. The zero-order valence-corrected chi connectivity index (χ0v) is 12.0. The van der Waals surface area contributed by atoms with Crippen LogP contribution in [0.3, 0.4) is 0 Å². The molecular formula is C17H22N2. The minimum atomic E-state index is 0.559. The topological polar surface area (TPSA) is 24.9 Å². The maximum atomic E-state index is 4.51. The number of rotatable bonds is 5. The van der Waals surface area contributed by atoms with E-state index in [1.54, 1.807) is 0 Å². The zero-order valence-electron chi connectivity index (χ0n) is 12.0. The van der Waals surface area contributed by atoms with E-state index in [1.807, 2.05) is 6.92 Å². The summed E-state index contributed by atoms with van der Waals surface area (Å²) in [6.45, 7) is 7.39. The lowest BCUT2D eigenvalue weighted by Gasteiger charge is -2.05. The molecule has 1 heterocycles. The van der Waals surface area contributed by atoms with Gasteiger partial charge in [-0.1, -0.05) is 38.1 Å². The Morgan fingerprint density at radius 2 is 2.05 bits per heavy atom. The average molecular weight is 254 g/mol. The highest BCUT2D eigenvalue weighted by Gasteiger charge is 1.96. The van der Waals surface area contributed by atoms with Crippen molar-refractivity contribution >= 4 is 17.0 Å². The van der Waals surface area contributed by atoms with E-state index >= 15 is 0 Å². The van der Waals surface area contributed by atoms with Gasteiger partial charge in [-0.05, 0) is 43.7 Å². The second-order valence-corrected chi connectivity index (χ2v) is 5.20. The summed E-state index contributed by atoms with van der Waals surface area (Å²) in [5, 5.41) is 4.61. The first-order valence-corrected chi connectivity index (χ1v) is 6.92. The van der Waals surface area contributed by atoms with E-state index in [1.165, 1.54) is 10.9 Å². The van der Waals surface area contributed by atoms with E-state index in [9.17, 15) is 0 Å². The van der Waals surface area contributed by atoms with Gasteiger partial charge in [-0.3, -0.25) is 4.98 Å². The molecule has 19 heavy (non-hydrogen) atoms. The number of fused-ring (bicyclic) bond motifs is 1. The minimum absolute atomic E-state index is 0.559. The van der Waals surface area contributed by atoms with E-state index in [0.29, 0.717) is 6.04 Å². The van der Waals surface area contributed by atoms with Gasteiger partial charge in [0.2, 0.25) is 0 Å². The van der Waals surface area contributed by atoms with Crippen molar-refractivity contribution in [2.24, 2.45) is 0 Å². The number of hydrogen-bond donors (Lipinski definition) is 1. The SMILES string of the molecule is Cc1ccc2cc(/C=C/CCNC(C)C)ccc2n1. The molecule has 0 radical (unpaired) electrons. The molecule has 1 N–H and O–H groups in total. The van der Waals surface area contributed by atoms with Gasteiger partial charge < -0.3 is 5.32 Å². The molecule has 2 aromatic rings. The summed E-state index contributed by atoms with van der Waals surface area (Å²) in [6.07, 6.45) is 5.46. The van der Waals surface area contributed by atoms with E-state index in [0.717, 1.165) is 24.2 Å². The van der Waals surface area contributed by atoms with Crippen LogP contribution in [0.25, 0.3) is 17.0 Å². The Labute approximate surface area is 115 Å². The summed E-state index contributed by atoms with van der Waals surface area (Å²) < 4.78 is 0. The van der Waals surface area contributed by atoms with Gasteiger partial charge in [0, 0.05) is 17.1 Å². The summed E-state index contributed by atoms with van der Waals surface area (Å²) in [6, 6.07) is 11.2. The second kappa shape index (κ2) is 6.48. The summed E-state index contributed by atoms with van der Waals surface area (Å²) in [7, 11) is 0. The summed E-state index contributed by atoms with van der Waals surface area (Å²) >= 11 is 0. The molecule has 2 rings (SSSR count). The van der Waals surface area contributed by atoms with Crippen molar-refractivity contribution in [3.63, 3.8) is 0 Å². The Morgan fingerprint density at radius 3 is 2.84 bits per heavy atom. The first kappa shape index (κ1) is 13.8. The molecule has 0 saturated heterocycles. The number of pyridine rings is 1. The van der Waals surface area contributed by atoms with Crippen LogP contribution in [0.5, 0.6) is 0 Å². The van der Waals surface area contributed by atoms with Crippen LogP contribution >= 0.6 is 0 Å². The van der Waals surface area contributed by atoms with Crippen molar-refractivity contribution in [3.05, 3.63) is 47.7 Å². The molecule has 1 aromatic heterocycles. The highest BCUT2D eigenvalue weighted by atomic mass is 14.9. The molecule has 0 spiro atoms. The van der Waals surface area contributed by atoms with E-state index in [2.05, 4.69) is 66.6 Å². The maximum absolute atomic E-state index is 4.51. The molecule has 1 aromatic carbocycles. The lowest BCUT2D eigenvalue weighted by Crippen LogP contribution is -2.23. The fourth-order valence-electron chi connectivity index (χ4n) is 2.02. The highest BCUT2D eigenvalue weighted by molar-refractivity contribution is 5.81. The molecule has 0 aliphatic carbocycles. The van der Waals surface area contributed by atoms with Crippen molar-refractivity contribution in [2.45, 2.75) is 33.2 Å². The molecule has 0 amide bonds. The molecular weight excluding hydrogens is 232 g/mol. The van der Waals surface area contributed by atoms with Crippen LogP contribution < -0.4 is 5.32 Å². The second-order valence-electron chi connectivity index (χ2n) is 5.20. The average Bonchev–Trinajstić information content (AvgIpc) is 2.38. The fourth-order valence-corrected chi connectivity index (χ4v) is 2.02. The van der Waals surface area contributed by atoms with Crippen molar-refractivity contribution in [1.29, 1.82) is 0 Å². The number of hydrogen-bond acceptors (Lipinski definition) is 2. The van der Waals surface area contributed by atoms with Gasteiger partial charge >= 0.3 is 0 Å². The van der Waals surface area contributed by atoms with Gasteiger partial charge in [-0.15, -0.1) is 0 Å².